The zero-order valence-electron chi connectivity index (χ0n) is 10.5. The van der Waals surface area contributed by atoms with Crippen molar-refractivity contribution in [1.29, 1.82) is 5.26 Å². The number of ether oxygens (including phenoxy) is 1. The highest BCUT2D eigenvalue weighted by Gasteiger charge is 2.07. The van der Waals surface area contributed by atoms with E-state index < -0.39 is 0 Å². The number of hydrogen-bond donors (Lipinski definition) is 1. The van der Waals surface area contributed by atoms with Crippen LogP contribution in [0.25, 0.3) is 0 Å². The second kappa shape index (κ2) is 5.64. The maximum atomic E-state index is 9.08. The highest BCUT2D eigenvalue weighted by Crippen LogP contribution is 2.24. The molecule has 2 aromatic carbocycles. The lowest BCUT2D eigenvalue weighted by Gasteiger charge is -2.11. The summed E-state index contributed by atoms with van der Waals surface area (Å²) in [6.45, 7) is 2.22. The van der Waals surface area contributed by atoms with Gasteiger partial charge < -0.3 is 10.5 Å². The fourth-order valence-electron chi connectivity index (χ4n) is 1.81. The molecule has 0 bridgehead atoms. The zero-order chi connectivity index (χ0) is 13.8. The van der Waals surface area contributed by atoms with Gasteiger partial charge in [-0.05, 0) is 36.8 Å². The van der Waals surface area contributed by atoms with Gasteiger partial charge in [0.05, 0.1) is 5.56 Å². The van der Waals surface area contributed by atoms with E-state index in [9.17, 15) is 0 Å². The smallest absolute Gasteiger partial charge is 0.122 e. The molecule has 2 N–H and O–H groups in total. The van der Waals surface area contributed by atoms with Crippen molar-refractivity contribution in [2.24, 2.45) is 0 Å². The van der Waals surface area contributed by atoms with Crippen molar-refractivity contribution in [3.63, 3.8) is 0 Å². The Morgan fingerprint density at radius 1 is 1.32 bits per heavy atom. The number of rotatable bonds is 3. The standard InChI is InChI=1S/C15H13ClN2O/c1-10-7-12(16)5-6-15(10)19-9-11-3-2-4-14(18)13(11)8-17/h2-7H,9,18H2,1H3. The van der Waals surface area contributed by atoms with Crippen LogP contribution in [0.5, 0.6) is 5.75 Å². The monoisotopic (exact) mass is 272 g/mol. The van der Waals surface area contributed by atoms with Crippen LogP contribution in [0, 0.1) is 18.3 Å². The lowest BCUT2D eigenvalue weighted by atomic mass is 10.1. The fraction of sp³-hybridized carbons (Fsp3) is 0.133. The van der Waals surface area contributed by atoms with E-state index in [1.165, 1.54) is 0 Å². The Labute approximate surface area is 117 Å². The fourth-order valence-corrected chi connectivity index (χ4v) is 2.03. The van der Waals surface area contributed by atoms with Crippen LogP contribution in [-0.2, 0) is 6.61 Å². The van der Waals surface area contributed by atoms with E-state index in [4.69, 9.17) is 27.3 Å². The van der Waals surface area contributed by atoms with Crippen LogP contribution in [0.15, 0.2) is 36.4 Å². The lowest BCUT2D eigenvalue weighted by molar-refractivity contribution is 0.304. The van der Waals surface area contributed by atoms with Crippen molar-refractivity contribution >= 4 is 17.3 Å². The Morgan fingerprint density at radius 3 is 2.79 bits per heavy atom. The molecule has 0 unspecified atom stereocenters. The predicted octanol–water partition coefficient (Wildman–Crippen LogP) is 3.68. The molecule has 0 aliphatic rings. The minimum absolute atomic E-state index is 0.302. The molecule has 0 heterocycles. The van der Waals surface area contributed by atoms with Crippen molar-refractivity contribution in [2.45, 2.75) is 13.5 Å². The van der Waals surface area contributed by atoms with Crippen molar-refractivity contribution in [3.8, 4) is 11.8 Å². The van der Waals surface area contributed by atoms with Gasteiger partial charge in [0.25, 0.3) is 0 Å². The van der Waals surface area contributed by atoms with Gasteiger partial charge in [-0.2, -0.15) is 5.26 Å². The van der Waals surface area contributed by atoms with Crippen LogP contribution in [0.3, 0.4) is 0 Å². The second-order valence-corrected chi connectivity index (χ2v) is 4.63. The minimum atomic E-state index is 0.302. The number of nitriles is 1. The average Bonchev–Trinajstić information content (AvgIpc) is 2.38. The topological polar surface area (TPSA) is 59.0 Å². The van der Waals surface area contributed by atoms with Crippen LogP contribution in [-0.4, -0.2) is 0 Å². The number of nitrogens with zero attached hydrogens (tertiary/aromatic N) is 1. The van der Waals surface area contributed by atoms with Crippen LogP contribution >= 0.6 is 11.6 Å². The van der Waals surface area contributed by atoms with E-state index >= 15 is 0 Å². The summed E-state index contributed by atoms with van der Waals surface area (Å²) in [5.74, 6) is 0.746. The average molecular weight is 273 g/mol. The van der Waals surface area contributed by atoms with Crippen molar-refractivity contribution < 1.29 is 4.74 Å². The second-order valence-electron chi connectivity index (χ2n) is 4.19. The molecule has 0 aromatic heterocycles. The van der Waals surface area contributed by atoms with Gasteiger partial charge >= 0.3 is 0 Å². The van der Waals surface area contributed by atoms with E-state index in [2.05, 4.69) is 6.07 Å². The molecular weight excluding hydrogens is 260 g/mol. The molecule has 0 atom stereocenters. The molecule has 0 radical (unpaired) electrons. The Hall–Kier alpha value is -2.18. The Morgan fingerprint density at radius 2 is 2.11 bits per heavy atom. The maximum Gasteiger partial charge on any atom is 0.122 e. The zero-order valence-corrected chi connectivity index (χ0v) is 11.2. The summed E-state index contributed by atoms with van der Waals surface area (Å²) in [5.41, 5.74) is 8.42. The maximum absolute atomic E-state index is 9.08. The van der Waals surface area contributed by atoms with Gasteiger partial charge in [-0.1, -0.05) is 23.7 Å². The molecule has 0 saturated heterocycles. The number of hydrogen-bond acceptors (Lipinski definition) is 3. The normalized spacial score (nSPS) is 9.95. The van der Waals surface area contributed by atoms with Gasteiger partial charge in [-0.25, -0.2) is 0 Å². The summed E-state index contributed by atoms with van der Waals surface area (Å²) in [4.78, 5) is 0. The highest BCUT2D eigenvalue weighted by molar-refractivity contribution is 6.30. The molecule has 0 amide bonds. The quantitative estimate of drug-likeness (QED) is 0.867. The van der Waals surface area contributed by atoms with E-state index in [1.807, 2.05) is 31.2 Å². The molecule has 96 valence electrons. The third-order valence-electron chi connectivity index (χ3n) is 2.81. The molecule has 2 rings (SSSR count). The molecular formula is C15H13ClN2O. The largest absolute Gasteiger partial charge is 0.489 e. The van der Waals surface area contributed by atoms with Gasteiger partial charge in [0.15, 0.2) is 0 Å². The van der Waals surface area contributed by atoms with Crippen LogP contribution in [0.1, 0.15) is 16.7 Å². The van der Waals surface area contributed by atoms with E-state index in [1.54, 1.807) is 12.1 Å². The first kappa shape index (κ1) is 13.3. The summed E-state index contributed by atoms with van der Waals surface area (Å²) in [7, 11) is 0. The molecule has 19 heavy (non-hydrogen) atoms. The Kier molecular flexibility index (Phi) is 3.94. The number of benzene rings is 2. The first-order chi connectivity index (χ1) is 9.11. The third kappa shape index (κ3) is 2.98. The Balaban J connectivity index is 2.20. The van der Waals surface area contributed by atoms with Crippen molar-refractivity contribution in [2.75, 3.05) is 5.73 Å². The van der Waals surface area contributed by atoms with E-state index in [-0.39, 0.29) is 0 Å². The number of halogens is 1. The van der Waals surface area contributed by atoms with Gasteiger partial charge in [0.1, 0.15) is 18.4 Å². The lowest BCUT2D eigenvalue weighted by Crippen LogP contribution is -2.02. The van der Waals surface area contributed by atoms with E-state index in [0.29, 0.717) is 22.9 Å². The first-order valence-corrected chi connectivity index (χ1v) is 6.16. The highest BCUT2D eigenvalue weighted by atomic mass is 35.5. The number of anilines is 1. The molecule has 2 aromatic rings. The van der Waals surface area contributed by atoms with Crippen LogP contribution < -0.4 is 10.5 Å². The van der Waals surface area contributed by atoms with Gasteiger partial charge in [-0.3, -0.25) is 0 Å². The first-order valence-electron chi connectivity index (χ1n) is 5.78. The van der Waals surface area contributed by atoms with Gasteiger partial charge in [0.2, 0.25) is 0 Å². The molecule has 0 aliphatic heterocycles. The summed E-state index contributed by atoms with van der Waals surface area (Å²) in [6.07, 6.45) is 0. The summed E-state index contributed by atoms with van der Waals surface area (Å²) in [6, 6.07) is 12.9. The molecule has 3 nitrogen and oxygen atoms in total. The molecule has 0 aliphatic carbocycles. The molecule has 0 spiro atoms. The molecule has 4 heteroatoms. The SMILES string of the molecule is Cc1cc(Cl)ccc1OCc1cccc(N)c1C#N. The summed E-state index contributed by atoms with van der Waals surface area (Å²) in [5, 5.41) is 9.76. The molecule has 0 saturated carbocycles. The molecule has 0 fully saturated rings. The van der Waals surface area contributed by atoms with Gasteiger partial charge in [-0.15, -0.1) is 0 Å². The Bertz CT molecular complexity index is 647. The third-order valence-corrected chi connectivity index (χ3v) is 3.05. The number of nitrogens with two attached hydrogens (primary N) is 1. The number of aryl methyl sites for hydroxylation is 1. The van der Waals surface area contributed by atoms with Crippen molar-refractivity contribution in [1.82, 2.24) is 0 Å². The summed E-state index contributed by atoms with van der Waals surface area (Å²) < 4.78 is 5.71. The van der Waals surface area contributed by atoms with E-state index in [0.717, 1.165) is 16.9 Å². The summed E-state index contributed by atoms with van der Waals surface area (Å²) >= 11 is 5.89. The van der Waals surface area contributed by atoms with Gasteiger partial charge in [0, 0.05) is 16.3 Å². The predicted molar refractivity (Wildman–Crippen MR) is 76.1 cm³/mol. The van der Waals surface area contributed by atoms with Crippen molar-refractivity contribution in [3.05, 3.63) is 58.1 Å². The van der Waals surface area contributed by atoms with Crippen LogP contribution in [0.2, 0.25) is 5.02 Å². The number of nitrogen functional groups attached to an aromatic ring is 1. The van der Waals surface area contributed by atoms with Crippen LogP contribution in [0.4, 0.5) is 5.69 Å². The minimum Gasteiger partial charge on any atom is -0.489 e.